The molecule has 1 atom stereocenters. The number of benzene rings is 1. The first-order valence-corrected chi connectivity index (χ1v) is 7.31. The topological polar surface area (TPSA) is 42.1 Å². The van der Waals surface area contributed by atoms with Crippen LogP contribution in [0, 0.1) is 0 Å². The molecule has 2 N–H and O–H groups in total. The van der Waals surface area contributed by atoms with E-state index in [2.05, 4.69) is 34.1 Å². The number of nitrogens with two attached hydrogens (primary N) is 1. The van der Waals surface area contributed by atoms with Crippen LogP contribution < -0.4 is 5.73 Å². The van der Waals surface area contributed by atoms with E-state index in [0.717, 1.165) is 18.8 Å². The maximum atomic E-state index is 5.93. The molecule has 0 bridgehead atoms. The predicted molar refractivity (Wildman–Crippen MR) is 82.1 cm³/mol. The summed E-state index contributed by atoms with van der Waals surface area (Å²) in [6.45, 7) is 2.11. The standard InChI is InChI=1S/C17H21N3/c18-16-7-3-6-15(11-16)17-8-1-2-10-20(17)13-14-5-4-9-19-12-14/h3-7,9,11-12,17H,1-2,8,10,13,18H2. The second kappa shape index (κ2) is 6.06. The van der Waals surface area contributed by atoms with Crippen molar-refractivity contribution in [3.8, 4) is 0 Å². The summed E-state index contributed by atoms with van der Waals surface area (Å²) in [5, 5.41) is 0. The fourth-order valence-corrected chi connectivity index (χ4v) is 3.05. The van der Waals surface area contributed by atoms with E-state index in [0.29, 0.717) is 6.04 Å². The summed E-state index contributed by atoms with van der Waals surface area (Å²) in [6, 6.07) is 13.0. The molecule has 1 aliphatic rings. The van der Waals surface area contributed by atoms with Crippen molar-refractivity contribution in [2.45, 2.75) is 31.8 Å². The van der Waals surface area contributed by atoms with Crippen molar-refractivity contribution in [1.82, 2.24) is 9.88 Å². The number of hydrogen-bond donors (Lipinski definition) is 1. The lowest BCUT2D eigenvalue weighted by Gasteiger charge is -2.36. The molecule has 1 aromatic heterocycles. The Morgan fingerprint density at radius 3 is 2.95 bits per heavy atom. The molecule has 0 amide bonds. The van der Waals surface area contributed by atoms with E-state index in [-0.39, 0.29) is 0 Å². The molecule has 3 rings (SSSR count). The van der Waals surface area contributed by atoms with Crippen LogP contribution in [0.1, 0.15) is 36.4 Å². The molecule has 0 saturated carbocycles. The smallest absolute Gasteiger partial charge is 0.0352 e. The van der Waals surface area contributed by atoms with Gasteiger partial charge in [0.25, 0.3) is 0 Å². The van der Waals surface area contributed by atoms with E-state index >= 15 is 0 Å². The molecule has 1 aromatic carbocycles. The number of aromatic nitrogens is 1. The van der Waals surface area contributed by atoms with Crippen LogP contribution >= 0.6 is 0 Å². The number of pyridine rings is 1. The summed E-state index contributed by atoms with van der Waals surface area (Å²) in [7, 11) is 0. The molecule has 3 heteroatoms. The van der Waals surface area contributed by atoms with Gasteiger partial charge in [-0.25, -0.2) is 0 Å². The zero-order valence-corrected chi connectivity index (χ0v) is 11.7. The third kappa shape index (κ3) is 2.99. The van der Waals surface area contributed by atoms with Crippen LogP contribution in [0.25, 0.3) is 0 Å². The largest absolute Gasteiger partial charge is 0.399 e. The molecule has 2 heterocycles. The van der Waals surface area contributed by atoms with Gasteiger partial charge in [-0.3, -0.25) is 9.88 Å². The lowest BCUT2D eigenvalue weighted by Crippen LogP contribution is -2.33. The summed E-state index contributed by atoms with van der Waals surface area (Å²) in [6.07, 6.45) is 7.58. The highest BCUT2D eigenvalue weighted by Gasteiger charge is 2.23. The van der Waals surface area contributed by atoms with E-state index in [1.165, 1.54) is 30.4 Å². The van der Waals surface area contributed by atoms with E-state index in [9.17, 15) is 0 Å². The number of nitrogen functional groups attached to an aromatic ring is 1. The monoisotopic (exact) mass is 267 g/mol. The predicted octanol–water partition coefficient (Wildman–Crippen LogP) is 3.39. The highest BCUT2D eigenvalue weighted by molar-refractivity contribution is 5.41. The van der Waals surface area contributed by atoms with Gasteiger partial charge in [0, 0.05) is 30.7 Å². The minimum atomic E-state index is 0.479. The first-order valence-electron chi connectivity index (χ1n) is 7.31. The van der Waals surface area contributed by atoms with Crippen molar-refractivity contribution < 1.29 is 0 Å². The summed E-state index contributed by atoms with van der Waals surface area (Å²) >= 11 is 0. The molecular weight excluding hydrogens is 246 g/mol. The van der Waals surface area contributed by atoms with Gasteiger partial charge in [-0.1, -0.05) is 24.6 Å². The Balaban J connectivity index is 1.80. The molecule has 20 heavy (non-hydrogen) atoms. The zero-order chi connectivity index (χ0) is 13.8. The molecular formula is C17H21N3. The number of likely N-dealkylation sites (tertiary alicyclic amines) is 1. The van der Waals surface area contributed by atoms with Gasteiger partial charge in [-0.2, -0.15) is 0 Å². The third-order valence-electron chi connectivity index (χ3n) is 4.02. The van der Waals surface area contributed by atoms with Gasteiger partial charge in [-0.15, -0.1) is 0 Å². The Labute approximate surface area is 120 Å². The average molecular weight is 267 g/mol. The van der Waals surface area contributed by atoms with Crippen molar-refractivity contribution in [1.29, 1.82) is 0 Å². The van der Waals surface area contributed by atoms with Gasteiger partial charge in [-0.05, 0) is 48.7 Å². The minimum Gasteiger partial charge on any atom is -0.399 e. The van der Waals surface area contributed by atoms with Gasteiger partial charge in [0.1, 0.15) is 0 Å². The lowest BCUT2D eigenvalue weighted by atomic mass is 9.94. The molecule has 0 aliphatic carbocycles. The fourth-order valence-electron chi connectivity index (χ4n) is 3.05. The Hall–Kier alpha value is -1.87. The van der Waals surface area contributed by atoms with E-state index in [4.69, 9.17) is 5.73 Å². The van der Waals surface area contributed by atoms with Crippen molar-refractivity contribution >= 4 is 5.69 Å². The van der Waals surface area contributed by atoms with Crippen molar-refractivity contribution in [3.05, 3.63) is 59.9 Å². The van der Waals surface area contributed by atoms with Crippen LogP contribution in [0.3, 0.4) is 0 Å². The number of nitrogens with zero attached hydrogens (tertiary/aromatic N) is 2. The second-order valence-corrected chi connectivity index (χ2v) is 5.51. The van der Waals surface area contributed by atoms with Crippen molar-refractivity contribution in [2.75, 3.05) is 12.3 Å². The Bertz CT molecular complexity index is 553. The summed E-state index contributed by atoms with van der Waals surface area (Å²) < 4.78 is 0. The lowest BCUT2D eigenvalue weighted by molar-refractivity contribution is 0.140. The first-order chi connectivity index (χ1) is 9.83. The molecule has 1 aliphatic heterocycles. The first kappa shape index (κ1) is 13.1. The van der Waals surface area contributed by atoms with E-state index in [1.807, 2.05) is 24.5 Å². The SMILES string of the molecule is Nc1cccc(C2CCCCN2Cc2cccnc2)c1. The Kier molecular flexibility index (Phi) is 3.97. The molecule has 1 unspecified atom stereocenters. The van der Waals surface area contributed by atoms with Gasteiger partial charge < -0.3 is 5.73 Å². The van der Waals surface area contributed by atoms with Crippen LogP contribution in [-0.4, -0.2) is 16.4 Å². The van der Waals surface area contributed by atoms with Crippen LogP contribution in [0.4, 0.5) is 5.69 Å². The van der Waals surface area contributed by atoms with Crippen LogP contribution in [0.2, 0.25) is 0 Å². The zero-order valence-electron chi connectivity index (χ0n) is 11.7. The third-order valence-corrected chi connectivity index (χ3v) is 4.02. The van der Waals surface area contributed by atoms with Gasteiger partial charge >= 0.3 is 0 Å². The summed E-state index contributed by atoms with van der Waals surface area (Å²) in [5.41, 5.74) is 9.41. The fraction of sp³-hybridized carbons (Fsp3) is 0.353. The molecule has 2 aromatic rings. The maximum Gasteiger partial charge on any atom is 0.0352 e. The summed E-state index contributed by atoms with van der Waals surface area (Å²) in [4.78, 5) is 6.77. The van der Waals surface area contributed by atoms with Gasteiger partial charge in [0.2, 0.25) is 0 Å². The molecule has 1 saturated heterocycles. The molecule has 104 valence electrons. The van der Waals surface area contributed by atoms with Crippen molar-refractivity contribution in [3.63, 3.8) is 0 Å². The van der Waals surface area contributed by atoms with Gasteiger partial charge in [0.15, 0.2) is 0 Å². The number of rotatable bonds is 3. The number of hydrogen-bond acceptors (Lipinski definition) is 3. The highest BCUT2D eigenvalue weighted by atomic mass is 15.2. The number of piperidine rings is 1. The Morgan fingerprint density at radius 2 is 2.15 bits per heavy atom. The summed E-state index contributed by atoms with van der Waals surface area (Å²) in [5.74, 6) is 0. The number of anilines is 1. The molecule has 1 fully saturated rings. The second-order valence-electron chi connectivity index (χ2n) is 5.51. The highest BCUT2D eigenvalue weighted by Crippen LogP contribution is 2.32. The minimum absolute atomic E-state index is 0.479. The molecule has 3 nitrogen and oxygen atoms in total. The van der Waals surface area contributed by atoms with Crippen molar-refractivity contribution in [2.24, 2.45) is 0 Å². The average Bonchev–Trinajstić information content (AvgIpc) is 2.49. The van der Waals surface area contributed by atoms with Crippen LogP contribution in [0.5, 0.6) is 0 Å². The Morgan fingerprint density at radius 1 is 1.20 bits per heavy atom. The van der Waals surface area contributed by atoms with E-state index < -0.39 is 0 Å². The van der Waals surface area contributed by atoms with E-state index in [1.54, 1.807) is 0 Å². The molecule has 0 radical (unpaired) electrons. The quantitative estimate of drug-likeness (QED) is 0.867. The van der Waals surface area contributed by atoms with Crippen LogP contribution in [-0.2, 0) is 6.54 Å². The van der Waals surface area contributed by atoms with Gasteiger partial charge in [0.05, 0.1) is 0 Å². The maximum absolute atomic E-state index is 5.93. The van der Waals surface area contributed by atoms with Crippen LogP contribution in [0.15, 0.2) is 48.8 Å². The normalized spacial score (nSPS) is 19.9. The molecule has 0 spiro atoms.